The second-order valence-electron chi connectivity index (χ2n) is 4.11. The summed E-state index contributed by atoms with van der Waals surface area (Å²) in [7, 11) is 0. The molecule has 116 valence electrons. The Kier molecular flexibility index (Phi) is 7.48. The average molecular weight is 312 g/mol. The smallest absolute Gasteiger partial charge is 0.304 e. The first-order chi connectivity index (χ1) is 8.81. The molecular formula is C11H18ClNO7. The van der Waals surface area contributed by atoms with Crippen LogP contribution in [0.3, 0.4) is 0 Å². The van der Waals surface area contributed by atoms with E-state index >= 15 is 0 Å². The van der Waals surface area contributed by atoms with Crippen molar-refractivity contribution in [3.05, 3.63) is 0 Å². The first kappa shape index (κ1) is 18.6. The van der Waals surface area contributed by atoms with Gasteiger partial charge in [0, 0.05) is 20.8 Å². The van der Waals surface area contributed by atoms with E-state index in [1.54, 1.807) is 0 Å². The third kappa shape index (κ3) is 5.32. The van der Waals surface area contributed by atoms with Crippen LogP contribution in [0.15, 0.2) is 0 Å². The van der Waals surface area contributed by atoms with E-state index in [2.05, 4.69) is 0 Å². The van der Waals surface area contributed by atoms with Crippen LogP contribution in [-0.4, -0.2) is 49.1 Å². The van der Waals surface area contributed by atoms with Crippen molar-refractivity contribution in [3.8, 4) is 0 Å². The Balaban J connectivity index is 0.00000361. The molecule has 0 aromatic rings. The van der Waals surface area contributed by atoms with Crippen LogP contribution in [-0.2, 0) is 33.3 Å². The maximum Gasteiger partial charge on any atom is 0.304 e. The van der Waals surface area contributed by atoms with Gasteiger partial charge in [-0.2, -0.15) is 0 Å². The molecule has 1 rings (SSSR count). The summed E-state index contributed by atoms with van der Waals surface area (Å²) < 4.78 is 20.0. The van der Waals surface area contributed by atoms with Gasteiger partial charge in [0.1, 0.15) is 6.04 Å². The SMILES string of the molecule is CC(=O)OC1COC(OC(C)=O)C(N)C1OC(C)=O.Cl. The van der Waals surface area contributed by atoms with Crippen LogP contribution in [0.25, 0.3) is 0 Å². The minimum Gasteiger partial charge on any atom is -0.457 e. The minimum absolute atomic E-state index is 0. The lowest BCUT2D eigenvalue weighted by atomic mass is 10.0. The van der Waals surface area contributed by atoms with Crippen LogP contribution in [0.2, 0.25) is 0 Å². The van der Waals surface area contributed by atoms with Crippen molar-refractivity contribution in [1.82, 2.24) is 0 Å². The van der Waals surface area contributed by atoms with Crippen LogP contribution in [0.1, 0.15) is 20.8 Å². The van der Waals surface area contributed by atoms with Gasteiger partial charge in [0.2, 0.25) is 6.29 Å². The lowest BCUT2D eigenvalue weighted by molar-refractivity contribution is -0.235. The van der Waals surface area contributed by atoms with Crippen molar-refractivity contribution in [2.45, 2.75) is 45.3 Å². The molecule has 4 unspecified atom stereocenters. The molecule has 8 nitrogen and oxygen atoms in total. The zero-order valence-electron chi connectivity index (χ0n) is 11.4. The molecule has 0 aliphatic carbocycles. The summed E-state index contributed by atoms with van der Waals surface area (Å²) >= 11 is 0. The van der Waals surface area contributed by atoms with Gasteiger partial charge in [0.25, 0.3) is 0 Å². The van der Waals surface area contributed by atoms with E-state index in [0.717, 1.165) is 0 Å². The molecule has 0 saturated carbocycles. The predicted molar refractivity (Wildman–Crippen MR) is 67.8 cm³/mol. The van der Waals surface area contributed by atoms with Crippen molar-refractivity contribution in [1.29, 1.82) is 0 Å². The molecule has 0 amide bonds. The van der Waals surface area contributed by atoms with E-state index in [-0.39, 0.29) is 19.0 Å². The van der Waals surface area contributed by atoms with Crippen LogP contribution >= 0.6 is 12.4 Å². The van der Waals surface area contributed by atoms with E-state index in [9.17, 15) is 14.4 Å². The lowest BCUT2D eigenvalue weighted by Crippen LogP contribution is -2.60. The van der Waals surface area contributed by atoms with Gasteiger partial charge in [0.15, 0.2) is 12.2 Å². The van der Waals surface area contributed by atoms with E-state index in [0.29, 0.717) is 0 Å². The normalized spacial score (nSPS) is 28.8. The zero-order chi connectivity index (χ0) is 14.6. The fourth-order valence-electron chi connectivity index (χ4n) is 1.73. The van der Waals surface area contributed by atoms with E-state index in [4.69, 9.17) is 24.7 Å². The molecule has 1 saturated heterocycles. The molecule has 4 atom stereocenters. The summed E-state index contributed by atoms with van der Waals surface area (Å²) in [4.78, 5) is 32.9. The number of ether oxygens (including phenoxy) is 4. The van der Waals surface area contributed by atoms with Crippen molar-refractivity contribution < 1.29 is 33.3 Å². The van der Waals surface area contributed by atoms with Gasteiger partial charge in [-0.1, -0.05) is 0 Å². The number of rotatable bonds is 3. The highest BCUT2D eigenvalue weighted by Crippen LogP contribution is 2.21. The van der Waals surface area contributed by atoms with Gasteiger partial charge < -0.3 is 24.7 Å². The Labute approximate surface area is 122 Å². The molecular weight excluding hydrogens is 294 g/mol. The second kappa shape index (κ2) is 8.03. The summed E-state index contributed by atoms with van der Waals surface area (Å²) in [5.41, 5.74) is 5.82. The van der Waals surface area contributed by atoms with Crippen molar-refractivity contribution in [2.75, 3.05) is 6.61 Å². The van der Waals surface area contributed by atoms with Gasteiger partial charge >= 0.3 is 17.9 Å². The first-order valence-electron chi connectivity index (χ1n) is 5.70. The molecule has 2 N–H and O–H groups in total. The molecule has 9 heteroatoms. The molecule has 0 spiro atoms. The van der Waals surface area contributed by atoms with Crippen LogP contribution in [0.5, 0.6) is 0 Å². The summed E-state index contributed by atoms with van der Waals surface area (Å²) in [5.74, 6) is -1.71. The Bertz CT molecular complexity index is 376. The van der Waals surface area contributed by atoms with Gasteiger partial charge in [0.05, 0.1) is 6.61 Å². The van der Waals surface area contributed by atoms with E-state index in [1.165, 1.54) is 20.8 Å². The lowest BCUT2D eigenvalue weighted by Gasteiger charge is -2.38. The number of carbonyl (C=O) groups is 3. The monoisotopic (exact) mass is 311 g/mol. The molecule has 20 heavy (non-hydrogen) atoms. The van der Waals surface area contributed by atoms with Gasteiger partial charge in [-0.15, -0.1) is 12.4 Å². The van der Waals surface area contributed by atoms with Crippen LogP contribution in [0, 0.1) is 0 Å². The highest BCUT2D eigenvalue weighted by molar-refractivity contribution is 5.85. The maximum absolute atomic E-state index is 11.1. The highest BCUT2D eigenvalue weighted by atomic mass is 35.5. The fraction of sp³-hybridized carbons (Fsp3) is 0.727. The average Bonchev–Trinajstić information content (AvgIpc) is 2.26. The number of hydrogen-bond acceptors (Lipinski definition) is 8. The van der Waals surface area contributed by atoms with E-state index in [1.807, 2.05) is 0 Å². The largest absolute Gasteiger partial charge is 0.457 e. The zero-order valence-corrected chi connectivity index (χ0v) is 12.2. The van der Waals surface area contributed by atoms with Crippen LogP contribution in [0.4, 0.5) is 0 Å². The number of nitrogens with two attached hydrogens (primary N) is 1. The van der Waals surface area contributed by atoms with Crippen LogP contribution < -0.4 is 5.73 Å². The standard InChI is InChI=1S/C11H17NO7.ClH/c1-5(13)17-8-4-16-11(19-7(3)15)9(12)10(8)18-6(2)14;/h8-11H,4,12H2,1-3H3;1H. The minimum atomic E-state index is -1.05. The van der Waals surface area contributed by atoms with Gasteiger partial charge in [-0.05, 0) is 0 Å². The Morgan fingerprint density at radius 1 is 1.00 bits per heavy atom. The predicted octanol–water partition coefficient (Wildman–Crippen LogP) is -0.482. The molecule has 0 radical (unpaired) electrons. The summed E-state index contributed by atoms with van der Waals surface area (Å²) in [6.45, 7) is 3.54. The Hall–Kier alpha value is -1.38. The number of esters is 3. The first-order valence-corrected chi connectivity index (χ1v) is 5.70. The molecule has 1 aliphatic heterocycles. The Morgan fingerprint density at radius 2 is 1.50 bits per heavy atom. The van der Waals surface area contributed by atoms with Crippen molar-refractivity contribution in [2.24, 2.45) is 5.73 Å². The summed E-state index contributed by atoms with van der Waals surface area (Å²) in [6, 6.07) is -0.939. The molecule has 0 aromatic heterocycles. The number of halogens is 1. The van der Waals surface area contributed by atoms with Crippen molar-refractivity contribution >= 4 is 30.3 Å². The molecule has 0 bridgehead atoms. The summed E-state index contributed by atoms with van der Waals surface area (Å²) in [6.07, 6.45) is -2.81. The Morgan fingerprint density at radius 3 is 1.95 bits per heavy atom. The quantitative estimate of drug-likeness (QED) is 0.549. The number of carbonyl (C=O) groups excluding carboxylic acids is 3. The molecule has 1 aliphatic rings. The van der Waals surface area contributed by atoms with Gasteiger partial charge in [-0.25, -0.2) is 0 Å². The molecule has 1 heterocycles. The third-order valence-electron chi connectivity index (χ3n) is 2.39. The van der Waals surface area contributed by atoms with E-state index < -0.39 is 42.4 Å². The van der Waals surface area contributed by atoms with Gasteiger partial charge in [-0.3, -0.25) is 14.4 Å². The third-order valence-corrected chi connectivity index (χ3v) is 2.39. The second-order valence-corrected chi connectivity index (χ2v) is 4.11. The summed E-state index contributed by atoms with van der Waals surface area (Å²) in [5, 5.41) is 0. The highest BCUT2D eigenvalue weighted by Gasteiger charge is 2.44. The molecule has 0 aromatic carbocycles. The fourth-order valence-corrected chi connectivity index (χ4v) is 1.73. The molecule has 1 fully saturated rings. The van der Waals surface area contributed by atoms with Crippen molar-refractivity contribution in [3.63, 3.8) is 0 Å². The topological polar surface area (TPSA) is 114 Å². The maximum atomic E-state index is 11.1. The number of hydrogen-bond donors (Lipinski definition) is 1.